The maximum Gasteiger partial charge on any atom is 0.118 e. The molecule has 2 heteroatoms. The normalized spacial score (nSPS) is 12.9. The molecule has 0 amide bonds. The van der Waals surface area contributed by atoms with Crippen LogP contribution >= 0.6 is 0 Å². The quantitative estimate of drug-likeness (QED) is 0.673. The van der Waals surface area contributed by atoms with Gasteiger partial charge in [-0.3, -0.25) is 0 Å². The first-order valence-electron chi connectivity index (χ1n) is 4.21. The number of hydrogen-bond acceptors (Lipinski definition) is 1. The lowest BCUT2D eigenvalue weighted by atomic mass is 10.1. The minimum Gasteiger partial charge on any atom is -0.508 e. The Kier molecular flexibility index (Phi) is 2.71. The highest BCUT2D eigenvalue weighted by Gasteiger charge is 2.02. The maximum atomic E-state index is 9.39. The van der Waals surface area contributed by atoms with Crippen molar-refractivity contribution >= 4 is 0 Å². The van der Waals surface area contributed by atoms with Crippen molar-refractivity contribution in [2.75, 3.05) is 0 Å². The second kappa shape index (κ2) is 3.59. The van der Waals surface area contributed by atoms with Crippen molar-refractivity contribution in [3.63, 3.8) is 0 Å². The molecule has 4 N–H and O–H groups in total. The van der Waals surface area contributed by atoms with Crippen molar-refractivity contribution in [1.29, 1.82) is 0 Å². The van der Waals surface area contributed by atoms with Crippen LogP contribution in [0.4, 0.5) is 0 Å². The standard InChI is InChI=1S/C10H15NO/c1-7-3-4-9(5-8(2)11)6-10(7)12/h3-4,6,8,12H,5,11H2,1-2H3/p+1/t8-/m0/s1. The largest absolute Gasteiger partial charge is 0.508 e. The molecule has 0 aliphatic carbocycles. The molecule has 12 heavy (non-hydrogen) atoms. The SMILES string of the molecule is Cc1ccc(C[C@H](C)[NH3+])cc1O. The van der Waals surface area contributed by atoms with E-state index in [2.05, 4.69) is 12.7 Å². The summed E-state index contributed by atoms with van der Waals surface area (Å²) in [4.78, 5) is 0. The van der Waals surface area contributed by atoms with Gasteiger partial charge >= 0.3 is 0 Å². The van der Waals surface area contributed by atoms with Crippen LogP contribution in [0.5, 0.6) is 5.75 Å². The second-order valence-electron chi connectivity index (χ2n) is 3.43. The highest BCUT2D eigenvalue weighted by Crippen LogP contribution is 2.17. The Bertz CT molecular complexity index is 269. The van der Waals surface area contributed by atoms with E-state index in [1.807, 2.05) is 25.1 Å². The van der Waals surface area contributed by atoms with Crippen molar-refractivity contribution < 1.29 is 10.8 Å². The van der Waals surface area contributed by atoms with Crippen LogP contribution in [0.25, 0.3) is 0 Å². The molecule has 0 unspecified atom stereocenters. The Morgan fingerprint density at radius 1 is 1.50 bits per heavy atom. The van der Waals surface area contributed by atoms with Gasteiger partial charge in [0.25, 0.3) is 0 Å². The zero-order valence-electron chi connectivity index (χ0n) is 7.67. The van der Waals surface area contributed by atoms with Gasteiger partial charge < -0.3 is 10.8 Å². The third-order valence-corrected chi connectivity index (χ3v) is 1.86. The first kappa shape index (κ1) is 9.07. The smallest absolute Gasteiger partial charge is 0.118 e. The molecule has 0 radical (unpaired) electrons. The van der Waals surface area contributed by atoms with Crippen LogP contribution in [0, 0.1) is 6.92 Å². The summed E-state index contributed by atoms with van der Waals surface area (Å²) in [5.41, 5.74) is 5.98. The number of aryl methyl sites for hydroxylation is 1. The average molecular weight is 166 g/mol. The van der Waals surface area contributed by atoms with Crippen LogP contribution in [0.1, 0.15) is 18.1 Å². The number of rotatable bonds is 2. The molecule has 0 bridgehead atoms. The number of quaternary nitrogens is 1. The lowest BCUT2D eigenvalue weighted by Gasteiger charge is -2.04. The highest BCUT2D eigenvalue weighted by molar-refractivity contribution is 5.35. The van der Waals surface area contributed by atoms with E-state index < -0.39 is 0 Å². The van der Waals surface area contributed by atoms with E-state index in [1.54, 1.807) is 0 Å². The van der Waals surface area contributed by atoms with Gasteiger partial charge in [-0.05, 0) is 31.0 Å². The van der Waals surface area contributed by atoms with E-state index >= 15 is 0 Å². The van der Waals surface area contributed by atoms with E-state index in [4.69, 9.17) is 0 Å². The molecule has 1 atom stereocenters. The zero-order valence-corrected chi connectivity index (χ0v) is 7.67. The van der Waals surface area contributed by atoms with Crippen molar-refractivity contribution in [3.05, 3.63) is 29.3 Å². The molecule has 0 aliphatic rings. The van der Waals surface area contributed by atoms with Crippen molar-refractivity contribution in [3.8, 4) is 5.75 Å². The summed E-state index contributed by atoms with van der Waals surface area (Å²) >= 11 is 0. The summed E-state index contributed by atoms with van der Waals surface area (Å²) in [5, 5.41) is 9.39. The summed E-state index contributed by atoms with van der Waals surface area (Å²) < 4.78 is 0. The van der Waals surface area contributed by atoms with Crippen LogP contribution in [0.3, 0.4) is 0 Å². The summed E-state index contributed by atoms with van der Waals surface area (Å²) in [6, 6.07) is 6.19. The molecule has 0 saturated heterocycles. The fourth-order valence-corrected chi connectivity index (χ4v) is 1.18. The number of phenolic OH excluding ortho intramolecular Hbond substituents is 1. The molecular weight excluding hydrogens is 150 g/mol. The van der Waals surface area contributed by atoms with Gasteiger partial charge in [-0.25, -0.2) is 0 Å². The summed E-state index contributed by atoms with van der Waals surface area (Å²) in [5.74, 6) is 0.383. The molecule has 66 valence electrons. The van der Waals surface area contributed by atoms with Crippen LogP contribution < -0.4 is 5.73 Å². The molecule has 0 fully saturated rings. The highest BCUT2D eigenvalue weighted by atomic mass is 16.3. The number of phenols is 1. The molecule has 0 aliphatic heterocycles. The Hall–Kier alpha value is -1.02. The van der Waals surface area contributed by atoms with Gasteiger partial charge in [-0.2, -0.15) is 0 Å². The summed E-state index contributed by atoms with van der Waals surface area (Å²) in [6.45, 7) is 3.96. The van der Waals surface area contributed by atoms with Gasteiger partial charge in [-0.1, -0.05) is 12.1 Å². The van der Waals surface area contributed by atoms with Gasteiger partial charge in [0.15, 0.2) is 0 Å². The summed E-state index contributed by atoms with van der Waals surface area (Å²) in [6.07, 6.45) is 0.924. The fourth-order valence-electron chi connectivity index (χ4n) is 1.18. The predicted molar refractivity (Wildman–Crippen MR) is 48.9 cm³/mol. The van der Waals surface area contributed by atoms with Crippen LogP contribution in [-0.4, -0.2) is 11.1 Å². The van der Waals surface area contributed by atoms with Crippen LogP contribution in [0.15, 0.2) is 18.2 Å². The molecule has 2 nitrogen and oxygen atoms in total. The molecule has 0 saturated carbocycles. The monoisotopic (exact) mass is 166 g/mol. The van der Waals surface area contributed by atoms with Gasteiger partial charge in [-0.15, -0.1) is 0 Å². The van der Waals surface area contributed by atoms with Crippen molar-refractivity contribution in [2.45, 2.75) is 26.3 Å². The van der Waals surface area contributed by atoms with Crippen molar-refractivity contribution in [1.82, 2.24) is 0 Å². The zero-order chi connectivity index (χ0) is 9.14. The Balaban J connectivity index is 2.82. The average Bonchev–Trinajstić information content (AvgIpc) is 1.96. The van der Waals surface area contributed by atoms with E-state index in [0.29, 0.717) is 11.8 Å². The summed E-state index contributed by atoms with van der Waals surface area (Å²) in [7, 11) is 0. The molecule has 1 aromatic carbocycles. The maximum absolute atomic E-state index is 9.39. The Labute approximate surface area is 73.0 Å². The third-order valence-electron chi connectivity index (χ3n) is 1.86. The first-order valence-corrected chi connectivity index (χ1v) is 4.21. The minimum atomic E-state index is 0.383. The first-order chi connectivity index (χ1) is 5.59. The Morgan fingerprint density at radius 2 is 2.17 bits per heavy atom. The fraction of sp³-hybridized carbons (Fsp3) is 0.400. The number of aromatic hydroxyl groups is 1. The third kappa shape index (κ3) is 2.24. The van der Waals surface area contributed by atoms with Gasteiger partial charge in [0.1, 0.15) is 5.75 Å². The second-order valence-corrected chi connectivity index (χ2v) is 3.43. The minimum absolute atomic E-state index is 0.383. The molecule has 1 rings (SSSR count). The Morgan fingerprint density at radius 3 is 2.67 bits per heavy atom. The van der Waals surface area contributed by atoms with Crippen molar-refractivity contribution in [2.24, 2.45) is 0 Å². The lowest BCUT2D eigenvalue weighted by molar-refractivity contribution is -0.413. The molecule has 1 aromatic rings. The molecule has 0 aromatic heterocycles. The van der Waals surface area contributed by atoms with Gasteiger partial charge in [0, 0.05) is 6.42 Å². The van der Waals surface area contributed by atoms with E-state index in [-0.39, 0.29) is 0 Å². The number of hydrogen-bond donors (Lipinski definition) is 2. The molecular formula is C10H16NO+. The van der Waals surface area contributed by atoms with E-state index in [1.165, 1.54) is 0 Å². The molecule has 0 heterocycles. The lowest BCUT2D eigenvalue weighted by Crippen LogP contribution is -2.60. The predicted octanol–water partition coefficient (Wildman–Crippen LogP) is 0.874. The molecule has 0 spiro atoms. The van der Waals surface area contributed by atoms with Gasteiger partial charge in [0.2, 0.25) is 0 Å². The van der Waals surface area contributed by atoms with E-state index in [9.17, 15) is 5.11 Å². The topological polar surface area (TPSA) is 47.9 Å². The number of benzene rings is 1. The van der Waals surface area contributed by atoms with Crippen LogP contribution in [-0.2, 0) is 6.42 Å². The van der Waals surface area contributed by atoms with Crippen LogP contribution in [0.2, 0.25) is 0 Å². The van der Waals surface area contributed by atoms with Gasteiger partial charge in [0.05, 0.1) is 6.04 Å². The van der Waals surface area contributed by atoms with E-state index in [0.717, 1.165) is 17.5 Å².